The van der Waals surface area contributed by atoms with Crippen LogP contribution < -0.4 is 11.2 Å². The van der Waals surface area contributed by atoms with Gasteiger partial charge in [-0.2, -0.15) is 0 Å². The predicted molar refractivity (Wildman–Crippen MR) is 88.8 cm³/mol. The Morgan fingerprint density at radius 1 is 1.26 bits per heavy atom. The fourth-order valence-corrected chi connectivity index (χ4v) is 2.80. The van der Waals surface area contributed by atoms with E-state index in [1.807, 2.05) is 19.1 Å². The molecule has 0 saturated carbocycles. The van der Waals surface area contributed by atoms with Crippen molar-refractivity contribution in [3.05, 3.63) is 61.0 Å². The van der Waals surface area contributed by atoms with Gasteiger partial charge in [-0.15, -0.1) is 0 Å². The van der Waals surface area contributed by atoms with E-state index in [0.717, 1.165) is 5.56 Å². The van der Waals surface area contributed by atoms with E-state index in [0.29, 0.717) is 10.3 Å². The van der Waals surface area contributed by atoms with E-state index in [9.17, 15) is 14.4 Å². The summed E-state index contributed by atoms with van der Waals surface area (Å²) in [6.45, 7) is 1.88. The lowest BCUT2D eigenvalue weighted by molar-refractivity contribution is 0.0972. The fraction of sp³-hybridized carbons (Fsp3) is 0.200. The van der Waals surface area contributed by atoms with Crippen molar-refractivity contribution in [1.82, 2.24) is 19.1 Å². The number of carbonyl (C=O) groups is 1. The van der Waals surface area contributed by atoms with E-state index in [1.54, 1.807) is 12.1 Å². The number of aromatic amines is 1. The molecule has 0 unspecified atom stereocenters. The van der Waals surface area contributed by atoms with E-state index < -0.39 is 11.2 Å². The van der Waals surface area contributed by atoms with E-state index in [2.05, 4.69) is 25.9 Å². The summed E-state index contributed by atoms with van der Waals surface area (Å²) in [6, 6.07) is 7.19. The Hall–Kier alpha value is -2.48. The number of hydrogen-bond acceptors (Lipinski definition) is 4. The smallest absolute Gasteiger partial charge is 0.305 e. The number of fused-ring (bicyclic) bond motifs is 1. The Morgan fingerprint density at radius 2 is 1.91 bits per heavy atom. The number of rotatable bonds is 3. The van der Waals surface area contributed by atoms with Crippen LogP contribution in [0, 0.1) is 6.92 Å². The highest BCUT2D eigenvalue weighted by molar-refractivity contribution is 9.10. The van der Waals surface area contributed by atoms with Crippen molar-refractivity contribution in [2.75, 3.05) is 0 Å². The van der Waals surface area contributed by atoms with Gasteiger partial charge in [-0.05, 0) is 22.9 Å². The second-order valence-electron chi connectivity index (χ2n) is 5.25. The quantitative estimate of drug-likeness (QED) is 0.552. The van der Waals surface area contributed by atoms with Gasteiger partial charge in [-0.25, -0.2) is 9.78 Å². The Balaban J connectivity index is 2.10. The average Bonchev–Trinajstić information content (AvgIpc) is 2.83. The van der Waals surface area contributed by atoms with E-state index in [-0.39, 0.29) is 23.5 Å². The van der Waals surface area contributed by atoms with Crippen molar-refractivity contribution in [3.63, 3.8) is 0 Å². The zero-order valence-electron chi connectivity index (χ0n) is 12.5. The average molecular weight is 377 g/mol. The summed E-state index contributed by atoms with van der Waals surface area (Å²) in [5.41, 5.74) is 0.886. The number of nitrogens with one attached hydrogen (secondary N) is 1. The number of aryl methyl sites for hydroxylation is 2. The maximum absolute atomic E-state index is 12.4. The molecule has 0 atom stereocenters. The summed E-state index contributed by atoms with van der Waals surface area (Å²) in [7, 11) is 1.51. The number of carbonyl (C=O) groups excluding carboxylic acids is 1. The van der Waals surface area contributed by atoms with Crippen LogP contribution in [0.4, 0.5) is 0 Å². The van der Waals surface area contributed by atoms with Crippen molar-refractivity contribution < 1.29 is 4.79 Å². The van der Waals surface area contributed by atoms with Gasteiger partial charge in [0.05, 0.1) is 6.54 Å². The van der Waals surface area contributed by atoms with Crippen LogP contribution in [-0.2, 0) is 13.6 Å². The van der Waals surface area contributed by atoms with E-state index >= 15 is 0 Å². The van der Waals surface area contributed by atoms with Crippen LogP contribution in [0.2, 0.25) is 0 Å². The zero-order chi connectivity index (χ0) is 16.7. The Bertz CT molecular complexity index is 1030. The van der Waals surface area contributed by atoms with Gasteiger partial charge in [-0.1, -0.05) is 29.8 Å². The van der Waals surface area contributed by atoms with Crippen molar-refractivity contribution in [2.45, 2.75) is 13.5 Å². The molecule has 0 amide bonds. The van der Waals surface area contributed by atoms with Gasteiger partial charge >= 0.3 is 5.69 Å². The van der Waals surface area contributed by atoms with Crippen LogP contribution in [0.1, 0.15) is 15.9 Å². The fourth-order valence-electron chi connectivity index (χ4n) is 2.33. The topological polar surface area (TPSA) is 89.8 Å². The monoisotopic (exact) mass is 376 g/mol. The molecule has 2 aromatic heterocycles. The summed E-state index contributed by atoms with van der Waals surface area (Å²) in [5, 5.41) is 0. The van der Waals surface area contributed by atoms with Crippen LogP contribution in [-0.4, -0.2) is 24.9 Å². The molecule has 3 aromatic rings. The third kappa shape index (κ3) is 2.65. The summed E-state index contributed by atoms with van der Waals surface area (Å²) in [5.74, 6) is -0.154. The maximum atomic E-state index is 12.4. The molecule has 0 bridgehead atoms. The molecule has 8 heteroatoms. The molecule has 118 valence electrons. The number of Topliss-reactive ketones (excluding diaryl/α,β-unsaturated/α-hetero) is 1. The lowest BCUT2D eigenvalue weighted by Gasteiger charge is -2.05. The van der Waals surface area contributed by atoms with Gasteiger partial charge in [0.1, 0.15) is 0 Å². The molecule has 0 aliphatic carbocycles. The molecule has 0 aliphatic rings. The van der Waals surface area contributed by atoms with Gasteiger partial charge in [0, 0.05) is 12.6 Å². The molecule has 23 heavy (non-hydrogen) atoms. The Labute approximate surface area is 138 Å². The standard InChI is InChI=1S/C15H13BrN4O3/c1-8-3-5-9(6-4-8)10(21)7-20-11-12(17-14(20)16)19(2)15(23)18-13(11)22/h3-6H,7H2,1-2H3,(H,18,22,23). The van der Waals surface area contributed by atoms with Crippen molar-refractivity contribution in [3.8, 4) is 0 Å². The normalized spacial score (nSPS) is 11.1. The van der Waals surface area contributed by atoms with Gasteiger partial charge in [-0.3, -0.25) is 19.1 Å². The number of hydrogen-bond donors (Lipinski definition) is 1. The second kappa shape index (κ2) is 5.62. The minimum absolute atomic E-state index is 0.0541. The Morgan fingerprint density at radius 3 is 2.57 bits per heavy atom. The number of halogens is 1. The molecular formula is C15H13BrN4O3. The lowest BCUT2D eigenvalue weighted by Crippen LogP contribution is -2.29. The number of ketones is 1. The zero-order valence-corrected chi connectivity index (χ0v) is 14.0. The van der Waals surface area contributed by atoms with Gasteiger partial charge in [0.2, 0.25) is 0 Å². The molecule has 0 fully saturated rings. The summed E-state index contributed by atoms with van der Waals surface area (Å²) in [6.07, 6.45) is 0. The predicted octanol–water partition coefficient (Wildman–Crippen LogP) is 1.38. The van der Waals surface area contributed by atoms with E-state index in [1.165, 1.54) is 16.2 Å². The first-order valence-corrected chi connectivity index (χ1v) is 7.62. The molecule has 0 radical (unpaired) electrons. The van der Waals surface area contributed by atoms with Crippen LogP contribution in [0.3, 0.4) is 0 Å². The van der Waals surface area contributed by atoms with Crippen LogP contribution in [0.25, 0.3) is 11.2 Å². The SMILES string of the molecule is Cc1ccc(C(=O)Cn2c(Br)nc3c2c(=O)[nH]c(=O)n3C)cc1. The number of H-pyrrole nitrogens is 1. The minimum atomic E-state index is -0.571. The highest BCUT2D eigenvalue weighted by Gasteiger charge is 2.18. The third-order valence-corrected chi connectivity index (χ3v) is 4.24. The minimum Gasteiger partial charge on any atom is -0.305 e. The molecule has 0 spiro atoms. The molecular weight excluding hydrogens is 364 g/mol. The van der Waals surface area contributed by atoms with Gasteiger partial charge < -0.3 is 4.57 Å². The number of aromatic nitrogens is 4. The molecule has 1 N–H and O–H groups in total. The van der Waals surface area contributed by atoms with E-state index in [4.69, 9.17) is 0 Å². The van der Waals surface area contributed by atoms with Crippen molar-refractivity contribution in [1.29, 1.82) is 0 Å². The third-order valence-electron chi connectivity index (χ3n) is 3.64. The Kier molecular flexibility index (Phi) is 3.77. The highest BCUT2D eigenvalue weighted by atomic mass is 79.9. The summed E-state index contributed by atoms with van der Waals surface area (Å²) < 4.78 is 3.00. The van der Waals surface area contributed by atoms with Crippen molar-refractivity contribution in [2.24, 2.45) is 7.05 Å². The first kappa shape index (κ1) is 15.4. The summed E-state index contributed by atoms with van der Waals surface area (Å²) >= 11 is 3.25. The summed E-state index contributed by atoms with van der Waals surface area (Å²) in [4.78, 5) is 42.5. The van der Waals surface area contributed by atoms with Crippen molar-refractivity contribution >= 4 is 32.9 Å². The number of nitrogens with zero attached hydrogens (tertiary/aromatic N) is 3. The first-order chi connectivity index (χ1) is 10.9. The second-order valence-corrected chi connectivity index (χ2v) is 5.96. The van der Waals surface area contributed by atoms with Crippen LogP contribution >= 0.6 is 15.9 Å². The van der Waals surface area contributed by atoms with Gasteiger partial charge in [0.25, 0.3) is 5.56 Å². The maximum Gasteiger partial charge on any atom is 0.329 e. The highest BCUT2D eigenvalue weighted by Crippen LogP contribution is 2.17. The largest absolute Gasteiger partial charge is 0.329 e. The molecule has 0 aliphatic heterocycles. The molecule has 3 rings (SSSR count). The lowest BCUT2D eigenvalue weighted by atomic mass is 10.1. The molecule has 1 aromatic carbocycles. The number of benzene rings is 1. The van der Waals surface area contributed by atoms with Crippen LogP contribution in [0.15, 0.2) is 38.6 Å². The molecule has 2 heterocycles. The molecule has 0 saturated heterocycles. The van der Waals surface area contributed by atoms with Gasteiger partial charge in [0.15, 0.2) is 21.7 Å². The molecule has 7 nitrogen and oxygen atoms in total. The first-order valence-electron chi connectivity index (χ1n) is 6.83. The van der Waals surface area contributed by atoms with Crippen LogP contribution in [0.5, 0.6) is 0 Å². The number of imidazole rings is 1.